The van der Waals surface area contributed by atoms with Crippen LogP contribution in [0.5, 0.6) is 0 Å². The zero-order valence-electron chi connectivity index (χ0n) is 20.4. The highest BCUT2D eigenvalue weighted by molar-refractivity contribution is 5.94. The molecule has 0 aliphatic rings. The van der Waals surface area contributed by atoms with Gasteiger partial charge < -0.3 is 9.80 Å². The average molecular weight is 477 g/mol. The first kappa shape index (κ1) is 26.0. The second-order valence-corrected chi connectivity index (χ2v) is 8.80. The summed E-state index contributed by atoms with van der Waals surface area (Å²) in [6.45, 7) is 3.29. The van der Waals surface area contributed by atoms with Gasteiger partial charge in [-0.25, -0.2) is 5.32 Å². The van der Waals surface area contributed by atoms with Crippen molar-refractivity contribution < 1.29 is 9.28 Å². The smallest absolute Gasteiger partial charge is 0.251 e. The lowest BCUT2D eigenvalue weighted by Gasteiger charge is -2.35. The van der Waals surface area contributed by atoms with E-state index in [4.69, 9.17) is 10.5 Å². The van der Waals surface area contributed by atoms with Gasteiger partial charge in [-0.05, 0) is 29.0 Å². The van der Waals surface area contributed by atoms with E-state index < -0.39 is 0 Å². The van der Waals surface area contributed by atoms with Crippen molar-refractivity contribution in [3.63, 3.8) is 0 Å². The number of rotatable bonds is 8. The molecule has 1 amide bonds. The molecule has 0 spiro atoms. The maximum absolute atomic E-state index is 12.5. The maximum Gasteiger partial charge on any atom is 0.251 e. The van der Waals surface area contributed by atoms with E-state index in [1.54, 1.807) is 5.32 Å². The van der Waals surface area contributed by atoms with Gasteiger partial charge in [-0.1, -0.05) is 84.9 Å². The van der Waals surface area contributed by atoms with Gasteiger partial charge in [0.2, 0.25) is 0 Å². The van der Waals surface area contributed by atoms with Crippen LogP contribution in [0.3, 0.4) is 0 Å². The van der Waals surface area contributed by atoms with Crippen molar-refractivity contribution in [3.05, 3.63) is 120 Å². The number of carbonyl (C=O) groups excluding carboxylic acids is 1. The molecule has 0 heterocycles. The number of amides is 1. The molecule has 0 bridgehead atoms. The molecule has 1 unspecified atom stereocenters. The van der Waals surface area contributed by atoms with Gasteiger partial charge in [0.05, 0.1) is 20.1 Å². The summed E-state index contributed by atoms with van der Waals surface area (Å²) in [5.41, 5.74) is 3.32. The number of carbonyl (C=O) groups is 1. The van der Waals surface area contributed by atoms with Crippen molar-refractivity contribution in [1.29, 1.82) is 10.5 Å². The van der Waals surface area contributed by atoms with Crippen LogP contribution in [0.1, 0.15) is 21.5 Å². The molecule has 0 saturated carbocycles. The van der Waals surface area contributed by atoms with Crippen LogP contribution in [0.15, 0.2) is 103 Å². The first-order valence-corrected chi connectivity index (χ1v) is 11.7. The predicted molar refractivity (Wildman–Crippen MR) is 142 cm³/mol. The monoisotopic (exact) mass is 476 g/mol. The zero-order valence-corrected chi connectivity index (χ0v) is 20.4. The fourth-order valence-corrected chi connectivity index (χ4v) is 4.17. The Morgan fingerprint density at radius 3 is 1.97 bits per heavy atom. The second-order valence-electron chi connectivity index (χ2n) is 8.80. The zero-order chi connectivity index (χ0) is 25.6. The summed E-state index contributed by atoms with van der Waals surface area (Å²) in [6.07, 6.45) is 2.81. The second kappa shape index (κ2) is 13.3. The third kappa shape index (κ3) is 7.99. The van der Waals surface area contributed by atoms with E-state index in [9.17, 15) is 4.79 Å². The number of nitriles is 2. The minimum atomic E-state index is -0.0161. The van der Waals surface area contributed by atoms with Crippen molar-refractivity contribution in [1.82, 2.24) is 10.6 Å². The number of nitrogens with zero attached hydrogens (tertiary/aromatic N) is 3. The third-order valence-electron chi connectivity index (χ3n) is 5.87. The fraction of sp³-hybridized carbons (Fsp3) is 0.167. The van der Waals surface area contributed by atoms with Gasteiger partial charge in [0, 0.05) is 16.7 Å². The molecule has 0 saturated heterocycles. The quantitative estimate of drug-likeness (QED) is 0.214. The molecule has 4 rings (SSSR count). The fourth-order valence-electron chi connectivity index (χ4n) is 4.17. The van der Waals surface area contributed by atoms with Crippen LogP contribution >= 0.6 is 0 Å². The number of fused-ring (bicyclic) bond motifs is 1. The predicted octanol–water partition coefficient (Wildman–Crippen LogP) is 4.95. The number of quaternary nitrogens is 1. The molecule has 1 atom stereocenters. The SMILES string of the molecule is C[N+](CCNC(=O)c1ccccc1)(Cc1ccccc1)Cc1ccc2ccccc2c1.N#CNC#N. The molecular weight excluding hydrogens is 446 g/mol. The molecule has 2 N–H and O–H groups in total. The van der Waals surface area contributed by atoms with E-state index in [2.05, 4.69) is 85.2 Å². The lowest BCUT2D eigenvalue weighted by atomic mass is 10.1. The maximum atomic E-state index is 12.5. The van der Waals surface area contributed by atoms with Gasteiger partial charge in [-0.15, -0.1) is 0 Å². The Kier molecular flexibility index (Phi) is 9.59. The normalized spacial score (nSPS) is 11.6. The minimum absolute atomic E-state index is 0.0161. The van der Waals surface area contributed by atoms with Crippen LogP contribution < -0.4 is 10.6 Å². The molecule has 4 aromatic rings. The molecule has 0 radical (unpaired) electrons. The summed E-state index contributed by atoms with van der Waals surface area (Å²) < 4.78 is 0.817. The Labute approximate surface area is 212 Å². The molecule has 0 aliphatic carbocycles. The van der Waals surface area contributed by atoms with Gasteiger partial charge >= 0.3 is 0 Å². The van der Waals surface area contributed by atoms with Crippen molar-refractivity contribution in [2.75, 3.05) is 20.1 Å². The molecule has 0 aliphatic heterocycles. The molecular formula is C30H30N5O+. The van der Waals surface area contributed by atoms with E-state index in [1.807, 2.05) is 30.3 Å². The van der Waals surface area contributed by atoms with E-state index in [-0.39, 0.29) is 5.91 Å². The van der Waals surface area contributed by atoms with Gasteiger partial charge in [0.1, 0.15) is 13.1 Å². The number of likely N-dealkylation sites (N-methyl/N-ethyl adjacent to an activating group) is 1. The third-order valence-corrected chi connectivity index (χ3v) is 5.87. The van der Waals surface area contributed by atoms with Gasteiger partial charge in [-0.3, -0.25) is 4.79 Å². The Morgan fingerprint density at radius 2 is 1.33 bits per heavy atom. The molecule has 36 heavy (non-hydrogen) atoms. The lowest BCUT2D eigenvalue weighted by Crippen LogP contribution is -2.47. The highest BCUT2D eigenvalue weighted by Gasteiger charge is 2.23. The summed E-state index contributed by atoms with van der Waals surface area (Å²) in [5.74, 6) is -0.0161. The molecule has 4 aromatic carbocycles. The Hall–Kier alpha value is -4.65. The number of hydrogen-bond donors (Lipinski definition) is 2. The Morgan fingerprint density at radius 1 is 0.750 bits per heavy atom. The highest BCUT2D eigenvalue weighted by atomic mass is 16.1. The van der Waals surface area contributed by atoms with Gasteiger partial charge in [-0.2, -0.15) is 10.5 Å². The van der Waals surface area contributed by atoms with Crippen LogP contribution in [0.4, 0.5) is 0 Å². The summed E-state index contributed by atoms with van der Waals surface area (Å²) >= 11 is 0. The summed E-state index contributed by atoms with van der Waals surface area (Å²) in [6, 6.07) is 35.2. The molecule has 180 valence electrons. The van der Waals surface area contributed by atoms with E-state index in [0.717, 1.165) is 24.1 Å². The summed E-state index contributed by atoms with van der Waals surface area (Å²) in [5, 5.41) is 22.3. The molecule has 6 heteroatoms. The van der Waals surface area contributed by atoms with Crippen molar-refractivity contribution in [2.45, 2.75) is 13.1 Å². The van der Waals surface area contributed by atoms with Crippen molar-refractivity contribution >= 4 is 16.7 Å². The Bertz CT molecular complexity index is 1330. The number of nitrogens with one attached hydrogen (secondary N) is 2. The summed E-state index contributed by atoms with van der Waals surface area (Å²) in [4.78, 5) is 12.5. The van der Waals surface area contributed by atoms with Crippen LogP contribution in [-0.2, 0) is 13.1 Å². The highest BCUT2D eigenvalue weighted by Crippen LogP contribution is 2.21. The minimum Gasteiger partial charge on any atom is -0.346 e. The first-order valence-electron chi connectivity index (χ1n) is 11.7. The number of benzene rings is 4. The van der Waals surface area contributed by atoms with Gasteiger partial charge in [0.25, 0.3) is 5.91 Å². The van der Waals surface area contributed by atoms with E-state index in [1.165, 1.54) is 34.3 Å². The average Bonchev–Trinajstić information content (AvgIpc) is 2.90. The van der Waals surface area contributed by atoms with Crippen LogP contribution in [0, 0.1) is 22.9 Å². The van der Waals surface area contributed by atoms with Crippen LogP contribution in [0.25, 0.3) is 10.8 Å². The van der Waals surface area contributed by atoms with E-state index >= 15 is 0 Å². The standard InChI is InChI=1S/C28H28N2O.C2HN3/c1-30(21-23-10-4-2-5-11-23,19-18-29-28(31)26-13-6-3-7-14-26)22-24-16-17-25-12-8-9-15-27(25)20-24;3-1-5-2-4/h2-17,20H,18-19,21-22H2,1H3;5H/p+1. The van der Waals surface area contributed by atoms with E-state index in [0.29, 0.717) is 12.1 Å². The molecule has 0 fully saturated rings. The summed E-state index contributed by atoms with van der Waals surface area (Å²) in [7, 11) is 2.27. The molecule has 0 aromatic heterocycles. The van der Waals surface area contributed by atoms with Crippen molar-refractivity contribution in [3.8, 4) is 12.4 Å². The Balaban J connectivity index is 0.000000658. The lowest BCUT2D eigenvalue weighted by molar-refractivity contribution is -0.934. The first-order chi connectivity index (χ1) is 17.5. The molecule has 6 nitrogen and oxygen atoms in total. The van der Waals surface area contributed by atoms with Crippen molar-refractivity contribution in [2.24, 2.45) is 0 Å². The van der Waals surface area contributed by atoms with Crippen LogP contribution in [0.2, 0.25) is 0 Å². The van der Waals surface area contributed by atoms with Gasteiger partial charge in [0.15, 0.2) is 12.4 Å². The largest absolute Gasteiger partial charge is 0.346 e. The number of hydrogen-bond acceptors (Lipinski definition) is 4. The van der Waals surface area contributed by atoms with Crippen LogP contribution in [-0.4, -0.2) is 30.5 Å². The topological polar surface area (TPSA) is 88.7 Å².